The maximum absolute atomic E-state index is 13.3. The highest BCUT2D eigenvalue weighted by Crippen LogP contribution is 2.55. The number of ether oxygens (including phenoxy) is 2. The number of amides is 3. The first-order chi connectivity index (χ1) is 13.7. The predicted molar refractivity (Wildman–Crippen MR) is 110 cm³/mol. The molecule has 0 bridgehead atoms. The maximum atomic E-state index is 13.3. The van der Waals surface area contributed by atoms with Crippen molar-refractivity contribution in [3.8, 4) is 0 Å². The first kappa shape index (κ1) is 21.0. The van der Waals surface area contributed by atoms with Crippen molar-refractivity contribution in [2.45, 2.75) is 82.2 Å². The third kappa shape index (κ3) is 3.79. The molecule has 4 rings (SSSR count). The minimum absolute atomic E-state index is 0.0345. The normalized spacial score (nSPS) is 30.1. The minimum Gasteiger partial charge on any atom is -0.378 e. The largest absolute Gasteiger partial charge is 0.378 e. The molecule has 162 valence electrons. The van der Waals surface area contributed by atoms with Crippen LogP contribution in [-0.2, 0) is 19.1 Å². The summed E-state index contributed by atoms with van der Waals surface area (Å²) in [6.45, 7) is 8.24. The van der Waals surface area contributed by atoms with Crippen LogP contribution in [0.25, 0.3) is 0 Å². The van der Waals surface area contributed by atoms with Gasteiger partial charge in [0.2, 0.25) is 0 Å². The Morgan fingerprint density at radius 3 is 2.38 bits per heavy atom. The molecule has 4 aliphatic rings. The number of imide groups is 1. The van der Waals surface area contributed by atoms with Gasteiger partial charge in [0.1, 0.15) is 18.1 Å². The molecule has 0 radical (unpaired) electrons. The number of Topliss-reactive ketones (excluding diaryl/α,β-unsaturated/α-hetero) is 1. The van der Waals surface area contributed by atoms with E-state index in [9.17, 15) is 14.4 Å². The van der Waals surface area contributed by atoms with Crippen LogP contribution in [0, 0.1) is 5.41 Å². The summed E-state index contributed by atoms with van der Waals surface area (Å²) >= 11 is 0. The first-order valence-corrected chi connectivity index (χ1v) is 14.7. The number of carbonyl (C=O) groups is 3. The van der Waals surface area contributed by atoms with Gasteiger partial charge in [-0.3, -0.25) is 9.59 Å². The van der Waals surface area contributed by atoms with E-state index < -0.39 is 13.6 Å². The molecule has 0 aromatic rings. The molecule has 29 heavy (non-hydrogen) atoms. The number of carbonyl (C=O) groups excluding carboxylic acids is 3. The lowest BCUT2D eigenvalue weighted by molar-refractivity contribution is -0.139. The molecule has 2 saturated carbocycles. The highest BCUT2D eigenvalue weighted by molar-refractivity contribution is 6.76. The second kappa shape index (κ2) is 7.46. The second-order valence-corrected chi connectivity index (χ2v) is 16.3. The zero-order valence-electron chi connectivity index (χ0n) is 18.0. The van der Waals surface area contributed by atoms with Gasteiger partial charge in [0.05, 0.1) is 6.61 Å². The van der Waals surface area contributed by atoms with Crippen molar-refractivity contribution < 1.29 is 23.9 Å². The Morgan fingerprint density at radius 2 is 1.79 bits per heavy atom. The van der Waals surface area contributed by atoms with Gasteiger partial charge < -0.3 is 14.4 Å². The van der Waals surface area contributed by atoms with Gasteiger partial charge in [-0.2, -0.15) is 0 Å². The molecular formula is C21H34N2O5Si. The molecule has 4 fully saturated rings. The van der Waals surface area contributed by atoms with E-state index in [1.54, 1.807) is 0 Å². The van der Waals surface area contributed by atoms with Gasteiger partial charge >= 0.3 is 6.03 Å². The molecule has 0 N–H and O–H groups in total. The molecule has 7 nitrogen and oxygen atoms in total. The molecule has 2 heterocycles. The van der Waals surface area contributed by atoms with Crippen molar-refractivity contribution in [2.24, 2.45) is 5.41 Å². The lowest BCUT2D eigenvalue weighted by atomic mass is 9.57. The van der Waals surface area contributed by atoms with Crippen LogP contribution in [0.15, 0.2) is 0 Å². The number of rotatable bonds is 6. The molecule has 1 atom stereocenters. The van der Waals surface area contributed by atoms with Crippen molar-refractivity contribution in [1.29, 1.82) is 0 Å². The van der Waals surface area contributed by atoms with Crippen LogP contribution in [0.5, 0.6) is 0 Å². The van der Waals surface area contributed by atoms with Crippen molar-refractivity contribution in [2.75, 3.05) is 26.6 Å². The molecule has 2 spiro atoms. The summed E-state index contributed by atoms with van der Waals surface area (Å²) in [6.07, 6.45) is 5.51. The van der Waals surface area contributed by atoms with E-state index in [-0.39, 0.29) is 36.7 Å². The summed E-state index contributed by atoms with van der Waals surface area (Å²) in [7, 11) is -1.22. The van der Waals surface area contributed by atoms with Crippen LogP contribution in [0.4, 0.5) is 4.79 Å². The third-order valence-corrected chi connectivity index (χ3v) is 9.03. The van der Waals surface area contributed by atoms with Crippen LogP contribution in [0.1, 0.15) is 44.9 Å². The smallest absolute Gasteiger partial charge is 0.329 e. The zero-order valence-corrected chi connectivity index (χ0v) is 19.0. The maximum Gasteiger partial charge on any atom is 0.329 e. The molecule has 1 unspecified atom stereocenters. The summed E-state index contributed by atoms with van der Waals surface area (Å²) < 4.78 is 11.4. The van der Waals surface area contributed by atoms with Gasteiger partial charge in [0.25, 0.3) is 5.91 Å². The number of hydrogen-bond acceptors (Lipinski definition) is 5. The predicted octanol–water partition coefficient (Wildman–Crippen LogP) is 3.01. The molecule has 2 aliphatic carbocycles. The van der Waals surface area contributed by atoms with E-state index in [2.05, 4.69) is 19.6 Å². The Hall–Kier alpha value is -1.25. The summed E-state index contributed by atoms with van der Waals surface area (Å²) in [5.74, 6) is 0.196. The molecule has 2 saturated heterocycles. The van der Waals surface area contributed by atoms with Gasteiger partial charge in [-0.15, -0.1) is 0 Å². The number of ketones is 1. The van der Waals surface area contributed by atoms with Crippen molar-refractivity contribution in [1.82, 2.24) is 9.80 Å². The Bertz CT molecular complexity index is 680. The molecular weight excluding hydrogens is 388 g/mol. The van der Waals surface area contributed by atoms with Crippen LogP contribution < -0.4 is 0 Å². The molecule has 8 heteroatoms. The van der Waals surface area contributed by atoms with Gasteiger partial charge in [-0.1, -0.05) is 19.6 Å². The van der Waals surface area contributed by atoms with Crippen molar-refractivity contribution in [3.05, 3.63) is 0 Å². The van der Waals surface area contributed by atoms with Crippen LogP contribution in [0.3, 0.4) is 0 Å². The molecule has 3 amide bonds. The quantitative estimate of drug-likeness (QED) is 0.374. The van der Waals surface area contributed by atoms with E-state index in [0.29, 0.717) is 38.3 Å². The summed E-state index contributed by atoms with van der Waals surface area (Å²) in [4.78, 5) is 41.3. The van der Waals surface area contributed by atoms with E-state index in [4.69, 9.17) is 9.47 Å². The summed E-state index contributed by atoms with van der Waals surface area (Å²) in [5.41, 5.74) is -0.667. The summed E-state index contributed by atoms with van der Waals surface area (Å²) in [6, 6.07) is 0.846. The Morgan fingerprint density at radius 1 is 1.10 bits per heavy atom. The van der Waals surface area contributed by atoms with Crippen molar-refractivity contribution >= 4 is 25.8 Å². The fraction of sp³-hybridized carbons (Fsp3) is 0.857. The van der Waals surface area contributed by atoms with E-state index >= 15 is 0 Å². The zero-order chi connectivity index (χ0) is 20.9. The van der Waals surface area contributed by atoms with Gasteiger partial charge in [0, 0.05) is 46.6 Å². The van der Waals surface area contributed by atoms with Crippen LogP contribution >= 0.6 is 0 Å². The number of nitrogens with zero attached hydrogens (tertiary/aromatic N) is 2. The van der Waals surface area contributed by atoms with Gasteiger partial charge in [-0.25, -0.2) is 9.69 Å². The fourth-order valence-corrected chi connectivity index (χ4v) is 6.17. The number of hydrogen-bond donors (Lipinski definition) is 0. The Balaban J connectivity index is 1.43. The van der Waals surface area contributed by atoms with E-state index in [0.717, 1.165) is 31.7 Å². The highest BCUT2D eigenvalue weighted by Gasteiger charge is 2.64. The second-order valence-electron chi connectivity index (χ2n) is 10.7. The SMILES string of the molecule is C[Si](C)(C)CCOCN1C(=O)N(C2CC3(CCC(=O)CC3)C2)C2(CCOC2)C1=O. The monoisotopic (exact) mass is 422 g/mol. The Kier molecular flexibility index (Phi) is 5.40. The topological polar surface area (TPSA) is 76.2 Å². The average Bonchev–Trinajstić information content (AvgIpc) is 3.17. The highest BCUT2D eigenvalue weighted by atomic mass is 28.3. The minimum atomic E-state index is -1.22. The molecule has 0 aromatic carbocycles. The van der Waals surface area contributed by atoms with Gasteiger partial charge in [-0.05, 0) is 37.1 Å². The first-order valence-electron chi connectivity index (χ1n) is 11.0. The Labute approximate surface area is 174 Å². The third-order valence-electron chi connectivity index (χ3n) is 7.33. The lowest BCUT2D eigenvalue weighted by Gasteiger charge is -2.54. The van der Waals surface area contributed by atoms with Crippen LogP contribution in [0.2, 0.25) is 25.7 Å². The molecule has 2 aliphatic heterocycles. The van der Waals surface area contributed by atoms with Gasteiger partial charge in [0.15, 0.2) is 0 Å². The standard InChI is InChI=1S/C21H34N2O5Si/c1-29(2,3)11-10-28-15-22-18(25)21(8-9-27-14-21)23(19(22)26)16-12-20(13-16)6-4-17(24)5-7-20/h16H,4-15H2,1-3H3. The lowest BCUT2D eigenvalue weighted by Crippen LogP contribution is -2.61. The average molecular weight is 423 g/mol. The van der Waals surface area contributed by atoms with Crippen molar-refractivity contribution in [3.63, 3.8) is 0 Å². The molecule has 0 aromatic heterocycles. The van der Waals surface area contributed by atoms with Crippen LogP contribution in [-0.4, -0.2) is 73.7 Å². The summed E-state index contributed by atoms with van der Waals surface area (Å²) in [5, 5.41) is 0. The van der Waals surface area contributed by atoms with E-state index in [1.807, 2.05) is 4.90 Å². The number of urea groups is 1. The van der Waals surface area contributed by atoms with E-state index in [1.165, 1.54) is 4.90 Å². The fourth-order valence-electron chi connectivity index (χ4n) is 5.41.